The van der Waals surface area contributed by atoms with E-state index < -0.39 is 16.1 Å². The smallest absolute Gasteiger partial charge is 0.222 e. The van der Waals surface area contributed by atoms with Gasteiger partial charge in [0.25, 0.3) is 0 Å². The number of carbonyl (C=O) groups excluding carboxylic acids is 1. The molecule has 1 amide bonds. The molecule has 186 valence electrons. The van der Waals surface area contributed by atoms with Crippen molar-refractivity contribution in [2.45, 2.75) is 75.4 Å². The van der Waals surface area contributed by atoms with E-state index in [0.717, 1.165) is 55.3 Å². The molecule has 2 aromatic rings. The van der Waals surface area contributed by atoms with E-state index in [9.17, 15) is 13.9 Å². The second-order valence-electron chi connectivity index (χ2n) is 9.66. The molecule has 2 aromatic carbocycles. The van der Waals surface area contributed by atoms with Crippen molar-refractivity contribution in [3.63, 3.8) is 0 Å². The van der Waals surface area contributed by atoms with Crippen LogP contribution in [0.3, 0.4) is 0 Å². The lowest BCUT2D eigenvalue weighted by Crippen LogP contribution is -2.49. The summed E-state index contributed by atoms with van der Waals surface area (Å²) in [7, 11) is -1.45. The largest absolute Gasteiger partial charge is 0.496 e. The van der Waals surface area contributed by atoms with Crippen molar-refractivity contribution in [1.82, 2.24) is 10.2 Å². The second-order valence-corrected chi connectivity index (χ2v) is 11.7. The van der Waals surface area contributed by atoms with Crippen molar-refractivity contribution in [1.29, 1.82) is 0 Å². The van der Waals surface area contributed by atoms with Gasteiger partial charge in [-0.05, 0) is 37.0 Å². The summed E-state index contributed by atoms with van der Waals surface area (Å²) in [5, 5.41) is 3.87. The van der Waals surface area contributed by atoms with Gasteiger partial charge in [0.2, 0.25) is 5.91 Å². The number of methoxy groups -OCH3 is 1. The lowest BCUT2D eigenvalue weighted by atomic mass is 9.88. The molecule has 0 bridgehead atoms. The third kappa shape index (κ3) is 4.98. The number of benzene rings is 2. The summed E-state index contributed by atoms with van der Waals surface area (Å²) in [5.41, 5.74) is 2.35. The first-order valence-electron chi connectivity index (χ1n) is 12.4. The zero-order valence-corrected chi connectivity index (χ0v) is 21.4. The van der Waals surface area contributed by atoms with Gasteiger partial charge in [0.1, 0.15) is 5.75 Å². The molecule has 2 aliphatic rings. The summed E-state index contributed by atoms with van der Waals surface area (Å²) in [5.74, 6) is 1.09. The molecule has 1 fully saturated rings. The number of likely N-dealkylation sites (tertiary alicyclic amines) is 1. The van der Waals surface area contributed by atoms with Crippen molar-refractivity contribution in [3.8, 4) is 5.75 Å². The van der Waals surface area contributed by atoms with Crippen LogP contribution in [0.5, 0.6) is 5.75 Å². The van der Waals surface area contributed by atoms with Crippen LogP contribution in [0.1, 0.15) is 75.1 Å². The molecule has 4 rings (SSSR count). The highest BCUT2D eigenvalue weighted by atomic mass is 32.3. The molecule has 2 aliphatic heterocycles. The molecule has 6 nitrogen and oxygen atoms in total. The van der Waals surface area contributed by atoms with Crippen LogP contribution in [0.25, 0.3) is 0 Å². The van der Waals surface area contributed by atoms with Crippen LogP contribution >= 0.6 is 10.6 Å². The Balaban J connectivity index is 1.86. The molecule has 0 aromatic heterocycles. The topological polar surface area (TPSA) is 82.0 Å². The Labute approximate surface area is 205 Å². The molecule has 0 spiro atoms. The summed E-state index contributed by atoms with van der Waals surface area (Å²) in [6, 6.07) is 13.8. The van der Waals surface area contributed by atoms with Gasteiger partial charge >= 0.3 is 0 Å². The van der Waals surface area contributed by atoms with Crippen molar-refractivity contribution < 1.29 is 18.6 Å². The van der Waals surface area contributed by atoms with Crippen molar-refractivity contribution in [2.24, 2.45) is 0 Å². The fourth-order valence-electron chi connectivity index (χ4n) is 5.35. The van der Waals surface area contributed by atoms with Gasteiger partial charge in [0, 0.05) is 36.2 Å². The molecule has 1 saturated heterocycles. The zero-order chi connectivity index (χ0) is 24.3. The number of amides is 1. The monoisotopic (exact) mass is 486 g/mol. The lowest BCUT2D eigenvalue weighted by molar-refractivity contribution is -0.128. The van der Waals surface area contributed by atoms with E-state index in [1.165, 1.54) is 0 Å². The molecular weight excluding hydrogens is 448 g/mol. The predicted molar refractivity (Wildman–Crippen MR) is 138 cm³/mol. The van der Waals surface area contributed by atoms with Gasteiger partial charge in [0.15, 0.2) is 0 Å². The van der Waals surface area contributed by atoms with E-state index in [4.69, 9.17) is 4.74 Å². The Morgan fingerprint density at radius 2 is 1.97 bits per heavy atom. The molecule has 0 aliphatic carbocycles. The standard InChI is InChI=1S/C27H38N2O4S/c1-4-6-14-27(5-2)19-34(31,32)24-16-21(18-29-15-10-13-25(29)30)23(33-3)17-22(24)26(28-27)20-11-8-7-9-12-20/h7-9,11-12,16-17,26,28,31-32H,4-6,10,13-15,18-19H2,1-3H3/t26-,27-/m1/s1. The van der Waals surface area contributed by atoms with E-state index in [2.05, 4.69) is 31.3 Å². The van der Waals surface area contributed by atoms with Crippen molar-refractivity contribution in [2.75, 3.05) is 19.4 Å². The minimum absolute atomic E-state index is 0.136. The average Bonchev–Trinajstić information content (AvgIpc) is 3.21. The zero-order valence-electron chi connectivity index (χ0n) is 20.5. The molecule has 2 atom stereocenters. The summed E-state index contributed by atoms with van der Waals surface area (Å²) in [6.45, 7) is 5.43. The maximum atomic E-state index is 12.3. The first-order valence-corrected chi connectivity index (χ1v) is 14.1. The number of hydrogen-bond donors (Lipinski definition) is 3. The lowest BCUT2D eigenvalue weighted by Gasteiger charge is -2.42. The molecule has 3 N–H and O–H groups in total. The summed E-state index contributed by atoms with van der Waals surface area (Å²) >= 11 is 0. The van der Waals surface area contributed by atoms with Gasteiger partial charge < -0.3 is 9.64 Å². The maximum absolute atomic E-state index is 12.3. The van der Waals surface area contributed by atoms with E-state index in [-0.39, 0.29) is 17.7 Å². The summed E-state index contributed by atoms with van der Waals surface area (Å²) < 4.78 is 29.0. The van der Waals surface area contributed by atoms with E-state index in [1.807, 2.05) is 35.2 Å². The van der Waals surface area contributed by atoms with Gasteiger partial charge in [-0.3, -0.25) is 19.2 Å². The second kappa shape index (κ2) is 10.3. The first-order chi connectivity index (χ1) is 16.3. The van der Waals surface area contributed by atoms with Crippen LogP contribution in [-0.2, 0) is 11.3 Å². The Kier molecular flexibility index (Phi) is 7.57. The van der Waals surface area contributed by atoms with Gasteiger partial charge in [-0.25, -0.2) is 0 Å². The number of nitrogens with one attached hydrogen (secondary N) is 1. The third-order valence-electron chi connectivity index (χ3n) is 7.36. The highest BCUT2D eigenvalue weighted by Crippen LogP contribution is 2.58. The molecule has 0 saturated carbocycles. The quantitative estimate of drug-likeness (QED) is 0.429. The molecular formula is C27H38N2O4S. The number of hydrogen-bond acceptors (Lipinski definition) is 5. The number of ether oxygens (including phenoxy) is 1. The van der Waals surface area contributed by atoms with Crippen LogP contribution in [0.4, 0.5) is 0 Å². The highest BCUT2D eigenvalue weighted by Gasteiger charge is 2.42. The van der Waals surface area contributed by atoms with Crippen LogP contribution in [-0.4, -0.2) is 44.9 Å². The van der Waals surface area contributed by atoms with Crippen molar-refractivity contribution >= 4 is 16.5 Å². The Morgan fingerprint density at radius 1 is 1.21 bits per heavy atom. The van der Waals surface area contributed by atoms with E-state index in [1.54, 1.807) is 7.11 Å². The first kappa shape index (κ1) is 25.0. The summed E-state index contributed by atoms with van der Waals surface area (Å²) in [4.78, 5) is 14.7. The normalized spacial score (nSPS) is 25.0. The Hall–Kier alpha value is -2.06. The van der Waals surface area contributed by atoms with Gasteiger partial charge in [-0.2, -0.15) is 10.6 Å². The Morgan fingerprint density at radius 3 is 2.59 bits per heavy atom. The van der Waals surface area contributed by atoms with Crippen LogP contribution in [0.15, 0.2) is 47.4 Å². The Bertz CT molecular complexity index is 1010. The number of nitrogens with zero attached hydrogens (tertiary/aromatic N) is 1. The fraction of sp³-hybridized carbons (Fsp3) is 0.519. The minimum atomic E-state index is -3.09. The molecule has 2 heterocycles. The molecule has 0 radical (unpaired) electrons. The van der Waals surface area contributed by atoms with Crippen LogP contribution in [0, 0.1) is 0 Å². The predicted octanol–water partition coefficient (Wildman–Crippen LogP) is 5.96. The number of carbonyl (C=O) groups is 1. The third-order valence-corrected chi connectivity index (χ3v) is 9.37. The van der Waals surface area contributed by atoms with E-state index in [0.29, 0.717) is 23.6 Å². The average molecular weight is 487 g/mol. The highest BCUT2D eigenvalue weighted by molar-refractivity contribution is 8.24. The number of unbranched alkanes of at least 4 members (excludes halogenated alkanes) is 1. The maximum Gasteiger partial charge on any atom is 0.222 e. The van der Waals surface area contributed by atoms with Crippen molar-refractivity contribution in [3.05, 3.63) is 59.2 Å². The van der Waals surface area contributed by atoms with E-state index >= 15 is 0 Å². The molecule has 34 heavy (non-hydrogen) atoms. The van der Waals surface area contributed by atoms with Gasteiger partial charge in [0.05, 0.1) is 23.8 Å². The SMILES string of the molecule is CCCC[C@]1(CC)CS(O)(O)c2cc(CN3CCCC3=O)c(OC)cc2[C@@H](c2ccccc2)N1. The summed E-state index contributed by atoms with van der Waals surface area (Å²) in [6.07, 6.45) is 5.16. The molecule has 7 heteroatoms. The molecule has 0 unspecified atom stereocenters. The van der Waals surface area contributed by atoms with Crippen LogP contribution in [0.2, 0.25) is 0 Å². The van der Waals surface area contributed by atoms with Crippen LogP contribution < -0.4 is 10.1 Å². The minimum Gasteiger partial charge on any atom is -0.496 e. The number of fused-ring (bicyclic) bond motifs is 1. The number of rotatable bonds is 8. The van der Waals surface area contributed by atoms with Gasteiger partial charge in [-0.1, -0.05) is 57.0 Å². The fourth-order valence-corrected chi connectivity index (χ4v) is 7.60. The van der Waals surface area contributed by atoms with Gasteiger partial charge in [-0.15, -0.1) is 0 Å².